The summed E-state index contributed by atoms with van der Waals surface area (Å²) in [5.74, 6) is -0.0763. The molecule has 31 heavy (non-hydrogen) atoms. The van der Waals surface area contributed by atoms with Crippen LogP contribution in [0.3, 0.4) is 0 Å². The molecule has 0 bridgehead atoms. The van der Waals surface area contributed by atoms with Gasteiger partial charge in [-0.1, -0.05) is 37.3 Å². The van der Waals surface area contributed by atoms with Gasteiger partial charge in [0.1, 0.15) is 5.76 Å². The van der Waals surface area contributed by atoms with Crippen molar-refractivity contribution in [3.05, 3.63) is 60.1 Å². The van der Waals surface area contributed by atoms with E-state index in [4.69, 9.17) is 9.15 Å². The number of hydrogen-bond donors (Lipinski definition) is 0. The Morgan fingerprint density at radius 1 is 0.903 bits per heavy atom. The minimum absolute atomic E-state index is 0.0190. The predicted octanol–water partition coefficient (Wildman–Crippen LogP) is 3.43. The molecular formula is C24H32N2O5. The van der Waals surface area contributed by atoms with E-state index in [2.05, 4.69) is 0 Å². The Labute approximate surface area is 184 Å². The van der Waals surface area contributed by atoms with E-state index in [0.717, 1.165) is 12.0 Å². The van der Waals surface area contributed by atoms with Crippen molar-refractivity contribution in [2.45, 2.75) is 46.1 Å². The van der Waals surface area contributed by atoms with Crippen molar-refractivity contribution in [2.75, 3.05) is 26.2 Å². The van der Waals surface area contributed by atoms with Gasteiger partial charge in [0.2, 0.25) is 11.8 Å². The van der Waals surface area contributed by atoms with Crippen LogP contribution in [-0.2, 0) is 32.1 Å². The third-order valence-corrected chi connectivity index (χ3v) is 4.81. The van der Waals surface area contributed by atoms with E-state index in [1.807, 2.05) is 43.3 Å². The van der Waals surface area contributed by atoms with Gasteiger partial charge in [-0.15, -0.1) is 0 Å². The molecule has 168 valence electrons. The molecule has 0 aliphatic heterocycles. The highest BCUT2D eigenvalue weighted by Crippen LogP contribution is 2.10. The van der Waals surface area contributed by atoms with Crippen molar-refractivity contribution in [1.29, 1.82) is 0 Å². The second-order valence-electron chi connectivity index (χ2n) is 7.25. The normalized spacial score (nSPS) is 10.5. The SMILES string of the molecule is CCCN(CC(=O)N(CCc1ccccc1)Cc1ccco1)C(=O)CCC(=O)OCC. The molecule has 2 aromatic rings. The highest BCUT2D eigenvalue weighted by atomic mass is 16.5. The molecule has 0 aliphatic rings. The molecule has 1 aromatic carbocycles. The fourth-order valence-corrected chi connectivity index (χ4v) is 3.22. The van der Waals surface area contributed by atoms with Crippen LogP contribution in [0, 0.1) is 0 Å². The third kappa shape index (κ3) is 8.66. The van der Waals surface area contributed by atoms with Crippen molar-refractivity contribution < 1.29 is 23.5 Å². The van der Waals surface area contributed by atoms with Gasteiger partial charge in [0.05, 0.1) is 32.4 Å². The Morgan fingerprint density at radius 2 is 1.68 bits per heavy atom. The maximum atomic E-state index is 13.1. The van der Waals surface area contributed by atoms with Gasteiger partial charge in [-0.05, 0) is 37.5 Å². The molecule has 2 amide bonds. The van der Waals surface area contributed by atoms with Gasteiger partial charge in [-0.2, -0.15) is 0 Å². The number of hydrogen-bond acceptors (Lipinski definition) is 5. The maximum absolute atomic E-state index is 13.1. The summed E-state index contributed by atoms with van der Waals surface area (Å²) in [6.45, 7) is 5.26. The quantitative estimate of drug-likeness (QED) is 0.457. The zero-order valence-electron chi connectivity index (χ0n) is 18.4. The molecule has 0 radical (unpaired) electrons. The van der Waals surface area contributed by atoms with Crippen molar-refractivity contribution in [3.63, 3.8) is 0 Å². The smallest absolute Gasteiger partial charge is 0.306 e. The minimum atomic E-state index is -0.402. The standard InChI is InChI=1S/C24H32N2O5/c1-3-15-25(22(27)12-13-24(29)30-4-2)19-23(28)26(18-21-11-8-17-31-21)16-14-20-9-6-5-7-10-20/h5-11,17H,3-4,12-16,18-19H2,1-2H3. The fraction of sp³-hybridized carbons (Fsp3) is 0.458. The van der Waals surface area contributed by atoms with Gasteiger partial charge in [-0.25, -0.2) is 0 Å². The molecule has 1 aromatic heterocycles. The molecule has 1 heterocycles. The van der Waals surface area contributed by atoms with Crippen LogP contribution in [0.1, 0.15) is 44.4 Å². The molecule has 2 rings (SSSR count). The average molecular weight is 429 g/mol. The fourth-order valence-electron chi connectivity index (χ4n) is 3.22. The molecule has 0 aliphatic carbocycles. The molecule has 0 saturated carbocycles. The van der Waals surface area contributed by atoms with Crippen LogP contribution in [0.4, 0.5) is 0 Å². The second kappa shape index (κ2) is 13.3. The Hall–Kier alpha value is -3.09. The van der Waals surface area contributed by atoms with E-state index in [1.165, 1.54) is 4.90 Å². The zero-order chi connectivity index (χ0) is 22.5. The lowest BCUT2D eigenvalue weighted by atomic mass is 10.1. The van der Waals surface area contributed by atoms with Crippen LogP contribution in [0.5, 0.6) is 0 Å². The van der Waals surface area contributed by atoms with Gasteiger partial charge < -0.3 is 19.0 Å². The van der Waals surface area contributed by atoms with Gasteiger partial charge in [0, 0.05) is 19.5 Å². The van der Waals surface area contributed by atoms with Crippen LogP contribution < -0.4 is 0 Å². The highest BCUT2D eigenvalue weighted by molar-refractivity contribution is 5.86. The Balaban J connectivity index is 2.01. The Kier molecular flexibility index (Phi) is 10.3. The number of carbonyl (C=O) groups is 3. The van der Waals surface area contributed by atoms with Gasteiger partial charge in [0.25, 0.3) is 0 Å². The number of carbonyl (C=O) groups excluding carboxylic acids is 3. The van der Waals surface area contributed by atoms with Crippen molar-refractivity contribution in [1.82, 2.24) is 9.80 Å². The van der Waals surface area contributed by atoms with Crippen LogP contribution in [0.25, 0.3) is 0 Å². The minimum Gasteiger partial charge on any atom is -0.467 e. The summed E-state index contributed by atoms with van der Waals surface area (Å²) in [6, 6.07) is 13.6. The molecule has 0 unspecified atom stereocenters. The summed E-state index contributed by atoms with van der Waals surface area (Å²) in [7, 11) is 0. The van der Waals surface area contributed by atoms with Gasteiger partial charge in [0.15, 0.2) is 0 Å². The number of esters is 1. The first kappa shape index (κ1) is 24.2. The lowest BCUT2D eigenvalue weighted by Crippen LogP contribution is -2.43. The second-order valence-corrected chi connectivity index (χ2v) is 7.25. The molecule has 0 atom stereocenters. The number of benzene rings is 1. The number of ether oxygens (including phenoxy) is 1. The van der Waals surface area contributed by atoms with E-state index in [0.29, 0.717) is 31.8 Å². The van der Waals surface area contributed by atoms with E-state index in [1.54, 1.807) is 24.2 Å². The number of amides is 2. The maximum Gasteiger partial charge on any atom is 0.306 e. The Bertz CT molecular complexity index is 805. The number of nitrogens with zero attached hydrogens (tertiary/aromatic N) is 2. The lowest BCUT2D eigenvalue weighted by molar-refractivity contribution is -0.146. The number of rotatable bonds is 13. The molecule has 7 nitrogen and oxygen atoms in total. The summed E-state index contributed by atoms with van der Waals surface area (Å²) >= 11 is 0. The molecule has 0 saturated heterocycles. The van der Waals surface area contributed by atoms with Gasteiger partial charge in [-0.3, -0.25) is 14.4 Å². The third-order valence-electron chi connectivity index (χ3n) is 4.81. The van der Waals surface area contributed by atoms with E-state index >= 15 is 0 Å². The van der Waals surface area contributed by atoms with Gasteiger partial charge >= 0.3 is 5.97 Å². The Morgan fingerprint density at radius 3 is 2.32 bits per heavy atom. The topological polar surface area (TPSA) is 80.1 Å². The van der Waals surface area contributed by atoms with Crippen LogP contribution in [0.15, 0.2) is 53.1 Å². The van der Waals surface area contributed by atoms with Crippen LogP contribution in [-0.4, -0.2) is 53.8 Å². The van der Waals surface area contributed by atoms with Crippen LogP contribution >= 0.6 is 0 Å². The summed E-state index contributed by atoms with van der Waals surface area (Å²) in [4.78, 5) is 40.6. The molecule has 7 heteroatoms. The molecule has 0 N–H and O–H groups in total. The van der Waals surface area contributed by atoms with Crippen molar-refractivity contribution in [2.24, 2.45) is 0 Å². The largest absolute Gasteiger partial charge is 0.467 e. The summed E-state index contributed by atoms with van der Waals surface area (Å²) in [5.41, 5.74) is 1.13. The molecular weight excluding hydrogens is 396 g/mol. The first-order valence-electron chi connectivity index (χ1n) is 10.8. The molecule has 0 fully saturated rings. The summed E-state index contributed by atoms with van der Waals surface area (Å²) in [6.07, 6.45) is 3.06. The first-order chi connectivity index (χ1) is 15.0. The summed E-state index contributed by atoms with van der Waals surface area (Å²) < 4.78 is 10.3. The van der Waals surface area contributed by atoms with E-state index in [9.17, 15) is 14.4 Å². The van der Waals surface area contributed by atoms with Crippen molar-refractivity contribution in [3.8, 4) is 0 Å². The highest BCUT2D eigenvalue weighted by Gasteiger charge is 2.22. The van der Waals surface area contributed by atoms with Crippen molar-refractivity contribution >= 4 is 17.8 Å². The monoisotopic (exact) mass is 428 g/mol. The van der Waals surface area contributed by atoms with E-state index in [-0.39, 0.29) is 37.8 Å². The molecule has 0 spiro atoms. The predicted molar refractivity (Wildman–Crippen MR) is 117 cm³/mol. The zero-order valence-corrected chi connectivity index (χ0v) is 18.4. The first-order valence-corrected chi connectivity index (χ1v) is 10.8. The van der Waals surface area contributed by atoms with E-state index < -0.39 is 5.97 Å². The lowest BCUT2D eigenvalue weighted by Gasteiger charge is -2.27. The number of furan rings is 1. The van der Waals surface area contributed by atoms with Crippen LogP contribution in [0.2, 0.25) is 0 Å². The average Bonchev–Trinajstić information content (AvgIpc) is 3.28. The summed E-state index contributed by atoms with van der Waals surface area (Å²) in [5, 5.41) is 0.